The van der Waals surface area contributed by atoms with Crippen LogP contribution in [-0.4, -0.2) is 32.3 Å². The van der Waals surface area contributed by atoms with Crippen LogP contribution in [0.5, 0.6) is 0 Å². The molecule has 1 unspecified atom stereocenters. The van der Waals surface area contributed by atoms with Gasteiger partial charge in [-0.05, 0) is 43.1 Å². The lowest BCUT2D eigenvalue weighted by atomic mass is 10.1. The van der Waals surface area contributed by atoms with E-state index in [-0.39, 0.29) is 6.10 Å². The lowest BCUT2D eigenvalue weighted by Gasteiger charge is -2.34. The van der Waals surface area contributed by atoms with Gasteiger partial charge in [0.15, 0.2) is 0 Å². The molecule has 1 N–H and O–H groups in total. The van der Waals surface area contributed by atoms with Crippen LogP contribution in [0.15, 0.2) is 18.2 Å². The first-order chi connectivity index (χ1) is 9.56. The number of anilines is 1. The van der Waals surface area contributed by atoms with Gasteiger partial charge in [0.1, 0.15) is 0 Å². The van der Waals surface area contributed by atoms with Gasteiger partial charge in [0, 0.05) is 30.3 Å². The fourth-order valence-corrected chi connectivity index (χ4v) is 2.73. The van der Waals surface area contributed by atoms with Crippen LogP contribution in [0, 0.1) is 5.92 Å². The molecule has 1 aliphatic rings. The van der Waals surface area contributed by atoms with Crippen molar-refractivity contribution in [3.63, 3.8) is 0 Å². The molecule has 0 spiro atoms. The predicted octanol–water partition coefficient (Wildman–Crippen LogP) is 3.31. The van der Waals surface area contributed by atoms with Gasteiger partial charge in [-0.2, -0.15) is 0 Å². The number of rotatable bonds is 5. The van der Waals surface area contributed by atoms with Crippen molar-refractivity contribution < 1.29 is 4.74 Å². The van der Waals surface area contributed by atoms with Crippen molar-refractivity contribution in [1.82, 2.24) is 5.32 Å². The monoisotopic (exact) mass is 296 g/mol. The van der Waals surface area contributed by atoms with Gasteiger partial charge in [0.25, 0.3) is 0 Å². The van der Waals surface area contributed by atoms with Crippen LogP contribution in [0.1, 0.15) is 26.3 Å². The third kappa shape index (κ3) is 4.37. The average Bonchev–Trinajstić information content (AvgIpc) is 2.38. The van der Waals surface area contributed by atoms with Crippen LogP contribution < -0.4 is 10.2 Å². The Kier molecular flexibility index (Phi) is 5.70. The molecule has 3 nitrogen and oxygen atoms in total. The lowest BCUT2D eigenvalue weighted by Crippen LogP contribution is -2.41. The maximum Gasteiger partial charge on any atom is 0.0722 e. The molecule has 1 aromatic carbocycles. The first-order valence-electron chi connectivity index (χ1n) is 7.42. The number of benzene rings is 1. The molecule has 112 valence electrons. The number of nitrogens with zero attached hydrogens (tertiary/aromatic N) is 1. The lowest BCUT2D eigenvalue weighted by molar-refractivity contribution is 0.0531. The highest BCUT2D eigenvalue weighted by molar-refractivity contribution is 6.30. The highest BCUT2D eigenvalue weighted by Crippen LogP contribution is 2.26. The molecule has 0 radical (unpaired) electrons. The van der Waals surface area contributed by atoms with Gasteiger partial charge in [-0.1, -0.05) is 25.4 Å². The maximum atomic E-state index is 6.15. The van der Waals surface area contributed by atoms with Crippen molar-refractivity contribution >= 4 is 17.3 Å². The molecule has 0 bridgehead atoms. The molecule has 2 rings (SSSR count). The zero-order valence-electron chi connectivity index (χ0n) is 12.7. The fraction of sp³-hybridized carbons (Fsp3) is 0.625. The number of morpholine rings is 1. The van der Waals surface area contributed by atoms with Crippen LogP contribution in [0.25, 0.3) is 0 Å². The van der Waals surface area contributed by atoms with E-state index in [1.807, 2.05) is 6.07 Å². The zero-order chi connectivity index (χ0) is 14.5. The third-order valence-electron chi connectivity index (χ3n) is 3.49. The second-order valence-corrected chi connectivity index (χ2v) is 6.36. The van der Waals surface area contributed by atoms with Gasteiger partial charge in [-0.25, -0.2) is 0 Å². The molecule has 0 amide bonds. The molecule has 1 heterocycles. The summed E-state index contributed by atoms with van der Waals surface area (Å²) in [6, 6.07) is 6.18. The zero-order valence-corrected chi connectivity index (χ0v) is 13.4. The van der Waals surface area contributed by atoms with Crippen LogP contribution in [0.3, 0.4) is 0 Å². The maximum absolute atomic E-state index is 6.15. The molecule has 1 saturated heterocycles. The van der Waals surface area contributed by atoms with E-state index >= 15 is 0 Å². The van der Waals surface area contributed by atoms with Crippen LogP contribution >= 0.6 is 11.6 Å². The summed E-state index contributed by atoms with van der Waals surface area (Å²) in [7, 11) is 0. The summed E-state index contributed by atoms with van der Waals surface area (Å²) in [6.45, 7) is 11.1. The van der Waals surface area contributed by atoms with E-state index < -0.39 is 0 Å². The SMILES string of the molecule is CC(C)CNCc1cc(Cl)ccc1N1CCOC(C)C1. The second kappa shape index (κ2) is 7.30. The smallest absolute Gasteiger partial charge is 0.0722 e. The molecule has 1 fully saturated rings. The molecule has 1 aliphatic heterocycles. The van der Waals surface area contributed by atoms with E-state index in [0.29, 0.717) is 5.92 Å². The minimum Gasteiger partial charge on any atom is -0.375 e. The second-order valence-electron chi connectivity index (χ2n) is 5.93. The quantitative estimate of drug-likeness (QED) is 0.902. The van der Waals surface area contributed by atoms with E-state index in [1.165, 1.54) is 11.3 Å². The van der Waals surface area contributed by atoms with Crippen molar-refractivity contribution in [3.8, 4) is 0 Å². The first kappa shape index (κ1) is 15.6. The van der Waals surface area contributed by atoms with E-state index in [2.05, 4.69) is 43.1 Å². The summed E-state index contributed by atoms with van der Waals surface area (Å²) in [5.41, 5.74) is 2.55. The molecule has 1 aromatic rings. The van der Waals surface area contributed by atoms with Gasteiger partial charge >= 0.3 is 0 Å². The van der Waals surface area contributed by atoms with E-state index in [9.17, 15) is 0 Å². The van der Waals surface area contributed by atoms with Gasteiger partial charge in [0.05, 0.1) is 12.7 Å². The van der Waals surface area contributed by atoms with E-state index in [0.717, 1.165) is 37.8 Å². The van der Waals surface area contributed by atoms with Crippen molar-refractivity contribution in [3.05, 3.63) is 28.8 Å². The summed E-state index contributed by atoms with van der Waals surface area (Å²) in [6.07, 6.45) is 0.288. The highest BCUT2D eigenvalue weighted by atomic mass is 35.5. The molecule has 20 heavy (non-hydrogen) atoms. The van der Waals surface area contributed by atoms with E-state index in [1.54, 1.807) is 0 Å². The van der Waals surface area contributed by atoms with Crippen LogP contribution in [0.4, 0.5) is 5.69 Å². The Morgan fingerprint density at radius 2 is 2.25 bits per heavy atom. The minimum absolute atomic E-state index is 0.288. The summed E-state index contributed by atoms with van der Waals surface area (Å²) >= 11 is 6.15. The highest BCUT2D eigenvalue weighted by Gasteiger charge is 2.19. The Bertz CT molecular complexity index is 436. The van der Waals surface area contributed by atoms with Gasteiger partial charge in [0.2, 0.25) is 0 Å². The average molecular weight is 297 g/mol. The largest absolute Gasteiger partial charge is 0.375 e. The van der Waals surface area contributed by atoms with Gasteiger partial charge in [-0.3, -0.25) is 0 Å². The minimum atomic E-state index is 0.288. The summed E-state index contributed by atoms with van der Waals surface area (Å²) in [4.78, 5) is 2.40. The molecule has 0 aromatic heterocycles. The standard InChI is InChI=1S/C16H25ClN2O/c1-12(2)9-18-10-14-8-15(17)4-5-16(14)19-6-7-20-13(3)11-19/h4-5,8,12-13,18H,6-7,9-11H2,1-3H3. The number of hydrogen-bond acceptors (Lipinski definition) is 3. The van der Waals surface area contributed by atoms with Gasteiger partial charge < -0.3 is 15.0 Å². The number of hydrogen-bond donors (Lipinski definition) is 1. The van der Waals surface area contributed by atoms with Crippen LogP contribution in [-0.2, 0) is 11.3 Å². The Balaban J connectivity index is 2.10. The first-order valence-corrected chi connectivity index (χ1v) is 7.79. The third-order valence-corrected chi connectivity index (χ3v) is 3.73. The van der Waals surface area contributed by atoms with Crippen LogP contribution in [0.2, 0.25) is 5.02 Å². The summed E-state index contributed by atoms with van der Waals surface area (Å²) in [5, 5.41) is 4.30. The van der Waals surface area contributed by atoms with Crippen molar-refractivity contribution in [2.75, 3.05) is 31.1 Å². The molecule has 0 aliphatic carbocycles. The normalized spacial score (nSPS) is 19.6. The fourth-order valence-electron chi connectivity index (χ4n) is 2.54. The molecule has 0 saturated carbocycles. The Hall–Kier alpha value is -0.770. The Morgan fingerprint density at radius 3 is 2.95 bits per heavy atom. The Labute approximate surface area is 127 Å². The Morgan fingerprint density at radius 1 is 1.45 bits per heavy atom. The predicted molar refractivity (Wildman–Crippen MR) is 85.6 cm³/mol. The van der Waals surface area contributed by atoms with Gasteiger partial charge in [-0.15, -0.1) is 0 Å². The topological polar surface area (TPSA) is 24.5 Å². The van der Waals surface area contributed by atoms with Crippen molar-refractivity contribution in [2.45, 2.75) is 33.4 Å². The van der Waals surface area contributed by atoms with Crippen molar-refractivity contribution in [2.24, 2.45) is 5.92 Å². The molecule has 4 heteroatoms. The molecular weight excluding hydrogens is 272 g/mol. The number of nitrogens with one attached hydrogen (secondary N) is 1. The molecular formula is C16H25ClN2O. The number of halogens is 1. The summed E-state index contributed by atoms with van der Waals surface area (Å²) in [5.74, 6) is 0.654. The molecule has 1 atom stereocenters. The summed E-state index contributed by atoms with van der Waals surface area (Å²) < 4.78 is 5.62. The van der Waals surface area contributed by atoms with Crippen molar-refractivity contribution in [1.29, 1.82) is 0 Å². The van der Waals surface area contributed by atoms with E-state index in [4.69, 9.17) is 16.3 Å². The number of ether oxygens (including phenoxy) is 1.